The number of rotatable bonds is 6. The minimum atomic E-state index is 0.00365. The molecule has 1 aliphatic carbocycles. The summed E-state index contributed by atoms with van der Waals surface area (Å²) in [6.07, 6.45) is 5.40. The number of ether oxygens (including phenoxy) is 1. The van der Waals surface area contributed by atoms with Gasteiger partial charge in [-0.3, -0.25) is 4.79 Å². The second-order valence-electron chi connectivity index (χ2n) is 5.31. The molecule has 21 heavy (non-hydrogen) atoms. The maximum atomic E-state index is 11.9. The van der Waals surface area contributed by atoms with E-state index in [1.165, 1.54) is 12.8 Å². The Bertz CT molecular complexity index is 493. The number of hydrogen-bond acceptors (Lipinski definition) is 4. The van der Waals surface area contributed by atoms with Crippen molar-refractivity contribution in [2.75, 3.05) is 11.9 Å². The molecule has 0 aliphatic heterocycles. The molecule has 0 heterocycles. The van der Waals surface area contributed by atoms with Gasteiger partial charge in [-0.2, -0.15) is 0 Å². The summed E-state index contributed by atoms with van der Waals surface area (Å²) in [5.74, 6) is 1.19. The van der Waals surface area contributed by atoms with Crippen LogP contribution in [0, 0.1) is 5.92 Å². The molecule has 1 aliphatic rings. The third kappa shape index (κ3) is 4.98. The third-order valence-corrected chi connectivity index (χ3v) is 3.60. The zero-order valence-electron chi connectivity index (χ0n) is 11.9. The minimum absolute atomic E-state index is 0.00365. The highest BCUT2D eigenvalue weighted by molar-refractivity contribution is 5.90. The molecule has 0 unspecified atom stereocenters. The van der Waals surface area contributed by atoms with Crippen LogP contribution in [0.4, 0.5) is 5.69 Å². The van der Waals surface area contributed by atoms with Crippen LogP contribution in [0.3, 0.4) is 0 Å². The van der Waals surface area contributed by atoms with Crippen LogP contribution in [-0.4, -0.2) is 23.6 Å². The van der Waals surface area contributed by atoms with E-state index in [9.17, 15) is 4.79 Å². The summed E-state index contributed by atoms with van der Waals surface area (Å²) in [7, 11) is 0. The SMILES string of the molecule is N/C(COc1ccc(NC(=O)CC2CCCC2)cc1)=N\O. The maximum absolute atomic E-state index is 11.9. The summed E-state index contributed by atoms with van der Waals surface area (Å²) >= 11 is 0. The largest absolute Gasteiger partial charge is 0.486 e. The van der Waals surface area contributed by atoms with Gasteiger partial charge >= 0.3 is 0 Å². The van der Waals surface area contributed by atoms with Crippen molar-refractivity contribution in [3.8, 4) is 5.75 Å². The molecule has 0 bridgehead atoms. The molecule has 2 rings (SSSR count). The summed E-state index contributed by atoms with van der Waals surface area (Å²) in [6.45, 7) is 0.0177. The van der Waals surface area contributed by atoms with Crippen LogP contribution < -0.4 is 15.8 Å². The molecule has 114 valence electrons. The van der Waals surface area contributed by atoms with Gasteiger partial charge in [-0.05, 0) is 43.0 Å². The average molecular weight is 291 g/mol. The Labute approximate surface area is 124 Å². The van der Waals surface area contributed by atoms with E-state index >= 15 is 0 Å². The van der Waals surface area contributed by atoms with Gasteiger partial charge in [0.15, 0.2) is 5.84 Å². The number of benzene rings is 1. The van der Waals surface area contributed by atoms with Crippen molar-refractivity contribution in [3.05, 3.63) is 24.3 Å². The standard InChI is InChI=1S/C15H21N3O3/c16-14(18-20)10-21-13-7-5-12(6-8-13)17-15(19)9-11-3-1-2-4-11/h5-8,11,20H,1-4,9-10H2,(H2,16,18)(H,17,19). The second-order valence-corrected chi connectivity index (χ2v) is 5.31. The van der Waals surface area contributed by atoms with Gasteiger partial charge in [-0.1, -0.05) is 18.0 Å². The molecule has 0 saturated heterocycles. The van der Waals surface area contributed by atoms with Crippen LogP contribution in [0.1, 0.15) is 32.1 Å². The molecule has 1 amide bonds. The molecule has 1 aromatic rings. The number of oxime groups is 1. The number of amidine groups is 1. The van der Waals surface area contributed by atoms with Gasteiger partial charge in [0, 0.05) is 12.1 Å². The summed E-state index contributed by atoms with van der Waals surface area (Å²) < 4.78 is 5.30. The van der Waals surface area contributed by atoms with E-state index < -0.39 is 0 Å². The quantitative estimate of drug-likeness (QED) is 0.324. The highest BCUT2D eigenvalue weighted by atomic mass is 16.5. The number of amides is 1. The first-order valence-electron chi connectivity index (χ1n) is 7.16. The zero-order chi connectivity index (χ0) is 15.1. The van der Waals surface area contributed by atoms with E-state index in [2.05, 4.69) is 10.5 Å². The highest BCUT2D eigenvalue weighted by Crippen LogP contribution is 2.27. The highest BCUT2D eigenvalue weighted by Gasteiger charge is 2.18. The van der Waals surface area contributed by atoms with Crippen molar-refractivity contribution in [1.29, 1.82) is 0 Å². The molecule has 6 nitrogen and oxygen atoms in total. The van der Waals surface area contributed by atoms with E-state index in [1.807, 2.05) is 0 Å². The van der Waals surface area contributed by atoms with Crippen LogP contribution in [0.5, 0.6) is 5.75 Å². The molecule has 0 atom stereocenters. The molecule has 4 N–H and O–H groups in total. The van der Waals surface area contributed by atoms with Gasteiger partial charge in [0.1, 0.15) is 12.4 Å². The van der Waals surface area contributed by atoms with E-state index in [0.717, 1.165) is 18.5 Å². The topological polar surface area (TPSA) is 96.9 Å². The maximum Gasteiger partial charge on any atom is 0.224 e. The fourth-order valence-electron chi connectivity index (χ4n) is 2.51. The smallest absolute Gasteiger partial charge is 0.224 e. The van der Waals surface area contributed by atoms with Crippen molar-refractivity contribution in [1.82, 2.24) is 0 Å². The molecule has 0 radical (unpaired) electrons. The van der Waals surface area contributed by atoms with Gasteiger partial charge in [-0.25, -0.2) is 0 Å². The number of nitrogens with zero attached hydrogens (tertiary/aromatic N) is 1. The molecule has 0 aromatic heterocycles. The molecule has 1 saturated carbocycles. The van der Waals surface area contributed by atoms with Gasteiger partial charge in [0.05, 0.1) is 0 Å². The Morgan fingerprint density at radius 3 is 2.62 bits per heavy atom. The van der Waals surface area contributed by atoms with Gasteiger partial charge in [-0.15, -0.1) is 0 Å². The number of anilines is 1. The van der Waals surface area contributed by atoms with Gasteiger partial charge < -0.3 is 21.0 Å². The predicted octanol–water partition coefficient (Wildman–Crippen LogP) is 2.33. The van der Waals surface area contributed by atoms with E-state index in [1.54, 1.807) is 24.3 Å². The summed E-state index contributed by atoms with van der Waals surface area (Å²) in [5.41, 5.74) is 6.06. The summed E-state index contributed by atoms with van der Waals surface area (Å²) in [5, 5.41) is 14.1. The zero-order valence-corrected chi connectivity index (χ0v) is 11.9. The lowest BCUT2D eigenvalue weighted by molar-refractivity contribution is -0.117. The first-order chi connectivity index (χ1) is 10.2. The first kappa shape index (κ1) is 15.2. The van der Waals surface area contributed by atoms with E-state index in [0.29, 0.717) is 18.1 Å². The second kappa shape index (κ2) is 7.52. The van der Waals surface area contributed by atoms with Crippen LogP contribution in [0.2, 0.25) is 0 Å². The molecular formula is C15H21N3O3. The summed E-state index contributed by atoms with van der Waals surface area (Å²) in [6, 6.07) is 7.01. The van der Waals surface area contributed by atoms with Crippen molar-refractivity contribution >= 4 is 17.4 Å². The number of carbonyl (C=O) groups excluding carboxylic acids is 1. The number of carbonyl (C=O) groups is 1. The van der Waals surface area contributed by atoms with E-state index in [4.69, 9.17) is 15.7 Å². The van der Waals surface area contributed by atoms with Gasteiger partial charge in [0.2, 0.25) is 5.91 Å². The lowest BCUT2D eigenvalue weighted by Gasteiger charge is -2.10. The Hall–Kier alpha value is -2.24. The average Bonchev–Trinajstić information content (AvgIpc) is 2.99. The molecule has 1 aromatic carbocycles. The van der Waals surface area contributed by atoms with E-state index in [-0.39, 0.29) is 18.3 Å². The van der Waals surface area contributed by atoms with Crippen molar-refractivity contribution in [3.63, 3.8) is 0 Å². The molecule has 6 heteroatoms. The monoisotopic (exact) mass is 291 g/mol. The van der Waals surface area contributed by atoms with Crippen molar-refractivity contribution in [2.24, 2.45) is 16.8 Å². The normalized spacial score (nSPS) is 15.9. The Balaban J connectivity index is 1.79. The van der Waals surface area contributed by atoms with Gasteiger partial charge in [0.25, 0.3) is 0 Å². The van der Waals surface area contributed by atoms with Crippen molar-refractivity contribution in [2.45, 2.75) is 32.1 Å². The number of nitrogens with two attached hydrogens (primary N) is 1. The molecule has 0 spiro atoms. The predicted molar refractivity (Wildman–Crippen MR) is 80.6 cm³/mol. The lowest BCUT2D eigenvalue weighted by Crippen LogP contribution is -2.20. The fraction of sp³-hybridized carbons (Fsp3) is 0.467. The Morgan fingerprint density at radius 2 is 2.00 bits per heavy atom. The summed E-state index contributed by atoms with van der Waals surface area (Å²) in [4.78, 5) is 11.9. The van der Waals surface area contributed by atoms with Crippen LogP contribution in [-0.2, 0) is 4.79 Å². The van der Waals surface area contributed by atoms with Crippen LogP contribution in [0.15, 0.2) is 29.4 Å². The Kier molecular flexibility index (Phi) is 5.43. The first-order valence-corrected chi connectivity index (χ1v) is 7.16. The molecule has 1 fully saturated rings. The third-order valence-electron chi connectivity index (χ3n) is 3.60. The number of hydrogen-bond donors (Lipinski definition) is 3. The number of nitrogens with one attached hydrogen (secondary N) is 1. The lowest BCUT2D eigenvalue weighted by atomic mass is 10.0. The minimum Gasteiger partial charge on any atom is -0.486 e. The fourth-order valence-corrected chi connectivity index (χ4v) is 2.51. The Morgan fingerprint density at radius 1 is 1.33 bits per heavy atom. The van der Waals surface area contributed by atoms with Crippen LogP contribution >= 0.6 is 0 Å². The van der Waals surface area contributed by atoms with Crippen molar-refractivity contribution < 1.29 is 14.7 Å². The molecular weight excluding hydrogens is 270 g/mol. The van der Waals surface area contributed by atoms with Crippen LogP contribution in [0.25, 0.3) is 0 Å².